The maximum atomic E-state index is 14.6. The Kier molecular flexibility index (Phi) is 5.82. The second-order valence-corrected chi connectivity index (χ2v) is 9.92. The Morgan fingerprint density at radius 1 is 1.35 bits per heavy atom. The Labute approximate surface area is 150 Å². The molecule has 6 heteroatoms. The quantitative estimate of drug-likeness (QED) is 0.665. The molecule has 0 bridgehead atoms. The highest BCUT2D eigenvalue weighted by Crippen LogP contribution is 2.54. The molecular weight excluding hydrogens is 356 g/mol. The third kappa shape index (κ3) is 3.92. The van der Waals surface area contributed by atoms with Gasteiger partial charge in [0.15, 0.2) is 0 Å². The number of hydrogen-bond donors (Lipinski definition) is 1. The van der Waals surface area contributed by atoms with Gasteiger partial charge < -0.3 is 0 Å². The summed E-state index contributed by atoms with van der Waals surface area (Å²) in [5, 5.41) is 6.28. The molecule has 2 nitrogen and oxygen atoms in total. The predicted octanol–water partition coefficient (Wildman–Crippen LogP) is 5.59. The van der Waals surface area contributed by atoms with E-state index in [4.69, 9.17) is 28.3 Å². The van der Waals surface area contributed by atoms with Crippen LogP contribution in [0.25, 0.3) is 0 Å². The Morgan fingerprint density at radius 2 is 1.91 bits per heavy atom. The van der Waals surface area contributed by atoms with Crippen molar-refractivity contribution in [3.63, 3.8) is 0 Å². The summed E-state index contributed by atoms with van der Waals surface area (Å²) in [6.45, 7) is 5.87. The smallest absolute Gasteiger partial charge is 0.128 e. The Bertz CT molecular complexity index is 615. The first kappa shape index (κ1) is 19.2. The molecule has 1 unspecified atom stereocenters. The van der Waals surface area contributed by atoms with Crippen molar-refractivity contribution in [2.75, 3.05) is 0 Å². The highest BCUT2D eigenvalue weighted by atomic mass is 35.5. The minimum Gasteiger partial charge on any atom is -0.251 e. The highest BCUT2D eigenvalue weighted by molar-refractivity contribution is 7.84. The molecule has 0 radical (unpaired) electrons. The predicted molar refractivity (Wildman–Crippen MR) is 96.8 cm³/mol. The van der Waals surface area contributed by atoms with Crippen LogP contribution in [0.3, 0.4) is 0 Å². The first-order chi connectivity index (χ1) is 10.6. The first-order valence-electron chi connectivity index (χ1n) is 7.88. The zero-order valence-electron chi connectivity index (χ0n) is 13.8. The van der Waals surface area contributed by atoms with Gasteiger partial charge in [-0.3, -0.25) is 5.14 Å². The summed E-state index contributed by atoms with van der Waals surface area (Å²) >= 11 is 12.5. The topological polar surface area (TPSA) is 43.1 Å². The van der Waals surface area contributed by atoms with Crippen LogP contribution in [0.2, 0.25) is 10.0 Å². The van der Waals surface area contributed by atoms with Crippen molar-refractivity contribution in [1.82, 2.24) is 0 Å². The molecule has 1 aliphatic carbocycles. The fraction of sp³-hybridized carbons (Fsp3) is 0.647. The number of rotatable bonds is 5. The van der Waals surface area contributed by atoms with Gasteiger partial charge in [-0.15, -0.1) is 0 Å². The van der Waals surface area contributed by atoms with E-state index in [0.717, 1.165) is 25.7 Å². The summed E-state index contributed by atoms with van der Waals surface area (Å²) in [4.78, 5) is 0. The van der Waals surface area contributed by atoms with Gasteiger partial charge >= 0.3 is 0 Å². The van der Waals surface area contributed by atoms with E-state index >= 15 is 0 Å². The lowest BCUT2D eigenvalue weighted by molar-refractivity contribution is 0.232. The van der Waals surface area contributed by atoms with Gasteiger partial charge in [-0.05, 0) is 56.6 Å². The standard InChI is InChI=1S/C17H24Cl2FNOS/c1-16(2,23(21)22)10-11(17(3)8-4-5-9-17)14-13(20)7-6-12(18)15(14)19/h6-7,11H,4-5,8-10,21H2,1-3H3/t11-,23?/m1/s1. The van der Waals surface area contributed by atoms with Crippen molar-refractivity contribution in [3.05, 3.63) is 33.6 Å². The maximum Gasteiger partial charge on any atom is 0.128 e. The van der Waals surface area contributed by atoms with Crippen LogP contribution in [0.15, 0.2) is 12.1 Å². The molecule has 2 rings (SSSR count). The van der Waals surface area contributed by atoms with Crippen LogP contribution >= 0.6 is 23.2 Å². The molecule has 0 heterocycles. The lowest BCUT2D eigenvalue weighted by Gasteiger charge is -2.39. The van der Waals surface area contributed by atoms with Gasteiger partial charge in [0.2, 0.25) is 0 Å². The molecule has 1 fully saturated rings. The third-order valence-corrected chi connectivity index (χ3v) is 7.33. The van der Waals surface area contributed by atoms with E-state index in [9.17, 15) is 8.60 Å². The molecular formula is C17H24Cl2FNOS. The number of halogens is 3. The SMILES string of the molecule is CC1([C@H](CC(C)(C)S(N)=O)c2c(F)ccc(Cl)c2Cl)CCCC1. The summed E-state index contributed by atoms with van der Waals surface area (Å²) in [5.74, 6) is -0.519. The van der Waals surface area contributed by atoms with Gasteiger partial charge in [0.25, 0.3) is 0 Å². The molecule has 1 saturated carbocycles. The Morgan fingerprint density at radius 3 is 2.43 bits per heavy atom. The monoisotopic (exact) mass is 379 g/mol. The molecule has 2 N–H and O–H groups in total. The van der Waals surface area contributed by atoms with E-state index < -0.39 is 15.7 Å². The largest absolute Gasteiger partial charge is 0.251 e. The van der Waals surface area contributed by atoms with Crippen molar-refractivity contribution in [2.24, 2.45) is 10.6 Å². The minimum atomic E-state index is -1.51. The van der Waals surface area contributed by atoms with Gasteiger partial charge in [-0.1, -0.05) is 43.0 Å². The lowest BCUT2D eigenvalue weighted by Crippen LogP contribution is -2.37. The average molecular weight is 380 g/mol. The van der Waals surface area contributed by atoms with Crippen LogP contribution < -0.4 is 5.14 Å². The fourth-order valence-corrected chi connectivity index (χ4v) is 4.44. The third-order valence-electron chi connectivity index (χ3n) is 5.26. The second-order valence-electron chi connectivity index (χ2n) is 7.43. The van der Waals surface area contributed by atoms with Gasteiger partial charge in [0, 0.05) is 5.56 Å². The number of nitrogens with two attached hydrogens (primary N) is 1. The minimum absolute atomic E-state index is 0.0915. The number of hydrogen-bond acceptors (Lipinski definition) is 1. The summed E-state index contributed by atoms with van der Waals surface area (Å²) in [6.07, 6.45) is 4.71. The van der Waals surface area contributed by atoms with Gasteiger partial charge in [0.05, 0.1) is 25.8 Å². The average Bonchev–Trinajstić information content (AvgIpc) is 2.90. The van der Waals surface area contributed by atoms with Crippen LogP contribution in [-0.2, 0) is 11.0 Å². The van der Waals surface area contributed by atoms with Crippen molar-refractivity contribution in [1.29, 1.82) is 0 Å². The summed E-state index contributed by atoms with van der Waals surface area (Å²) in [5.41, 5.74) is 0.355. The molecule has 0 amide bonds. The normalized spacial score (nSPS) is 20.5. The van der Waals surface area contributed by atoms with E-state index in [-0.39, 0.29) is 22.2 Å². The van der Waals surface area contributed by atoms with Crippen LogP contribution in [-0.4, -0.2) is 8.96 Å². The Hall–Kier alpha value is -0.160. The molecule has 1 aromatic rings. The van der Waals surface area contributed by atoms with Gasteiger partial charge in [-0.2, -0.15) is 0 Å². The number of benzene rings is 1. The molecule has 0 aromatic heterocycles. The van der Waals surface area contributed by atoms with Crippen molar-refractivity contribution < 1.29 is 8.60 Å². The van der Waals surface area contributed by atoms with E-state index in [1.807, 2.05) is 13.8 Å². The van der Waals surface area contributed by atoms with Crippen LogP contribution in [0, 0.1) is 11.2 Å². The lowest BCUT2D eigenvalue weighted by atomic mass is 9.68. The van der Waals surface area contributed by atoms with E-state index in [1.165, 1.54) is 12.1 Å². The van der Waals surface area contributed by atoms with Gasteiger partial charge in [0.1, 0.15) is 5.82 Å². The molecule has 23 heavy (non-hydrogen) atoms. The summed E-state index contributed by atoms with van der Waals surface area (Å²) in [7, 11) is -1.51. The molecule has 0 spiro atoms. The van der Waals surface area contributed by atoms with Crippen LogP contribution in [0.1, 0.15) is 64.4 Å². The Balaban J connectivity index is 2.55. The molecule has 0 aliphatic heterocycles. The maximum absolute atomic E-state index is 14.6. The zero-order chi connectivity index (χ0) is 17.4. The molecule has 1 aromatic carbocycles. The van der Waals surface area contributed by atoms with E-state index in [0.29, 0.717) is 17.0 Å². The molecule has 2 atom stereocenters. The zero-order valence-corrected chi connectivity index (χ0v) is 16.1. The second kappa shape index (κ2) is 6.99. The summed E-state index contributed by atoms with van der Waals surface area (Å²) < 4.78 is 25.9. The molecule has 0 saturated heterocycles. The van der Waals surface area contributed by atoms with Crippen molar-refractivity contribution in [3.8, 4) is 0 Å². The van der Waals surface area contributed by atoms with E-state index in [1.54, 1.807) is 0 Å². The fourth-order valence-electron chi connectivity index (χ4n) is 3.66. The van der Waals surface area contributed by atoms with Crippen LogP contribution in [0.4, 0.5) is 4.39 Å². The van der Waals surface area contributed by atoms with Crippen molar-refractivity contribution >= 4 is 34.2 Å². The highest BCUT2D eigenvalue weighted by Gasteiger charge is 2.43. The first-order valence-corrected chi connectivity index (χ1v) is 9.85. The molecule has 1 aliphatic rings. The summed E-state index contributed by atoms with van der Waals surface area (Å²) in [6, 6.07) is 2.84. The molecule has 130 valence electrons. The van der Waals surface area contributed by atoms with Crippen LogP contribution in [0.5, 0.6) is 0 Å². The van der Waals surface area contributed by atoms with Gasteiger partial charge in [-0.25, -0.2) is 8.60 Å². The van der Waals surface area contributed by atoms with Crippen molar-refractivity contribution in [2.45, 2.75) is 63.5 Å². The van der Waals surface area contributed by atoms with E-state index in [2.05, 4.69) is 6.92 Å².